The van der Waals surface area contributed by atoms with Crippen LogP contribution in [0.3, 0.4) is 0 Å². The van der Waals surface area contributed by atoms with Crippen molar-refractivity contribution >= 4 is 11.7 Å². The second-order valence-corrected chi connectivity index (χ2v) is 5.29. The van der Waals surface area contributed by atoms with E-state index in [1.807, 2.05) is 18.2 Å². The van der Waals surface area contributed by atoms with E-state index in [4.69, 9.17) is 9.47 Å². The number of carbonyl (C=O) groups excluding carboxylic acids is 1. The molecule has 0 aliphatic carbocycles. The van der Waals surface area contributed by atoms with Crippen LogP contribution in [0.1, 0.15) is 5.56 Å². The highest BCUT2D eigenvalue weighted by atomic mass is 19.1. The first-order chi connectivity index (χ1) is 11.1. The largest absolute Gasteiger partial charge is 0.497 e. The minimum absolute atomic E-state index is 0.143. The maximum absolute atomic E-state index is 12.8. The molecular weight excluding hydrogens is 299 g/mol. The average molecular weight is 316 g/mol. The van der Waals surface area contributed by atoms with Gasteiger partial charge in [-0.1, -0.05) is 0 Å². The molecule has 6 heteroatoms. The van der Waals surface area contributed by atoms with Gasteiger partial charge in [0.15, 0.2) is 0 Å². The molecule has 5 nitrogen and oxygen atoms in total. The van der Waals surface area contributed by atoms with E-state index in [0.717, 1.165) is 17.1 Å². The van der Waals surface area contributed by atoms with Crippen LogP contribution in [0.5, 0.6) is 11.5 Å². The molecule has 0 aromatic heterocycles. The minimum Gasteiger partial charge on any atom is -0.497 e. The molecule has 1 aliphatic heterocycles. The first-order valence-electron chi connectivity index (χ1n) is 7.27. The number of halogens is 1. The summed E-state index contributed by atoms with van der Waals surface area (Å²) >= 11 is 0. The number of ether oxygens (including phenoxy) is 2. The first kappa shape index (κ1) is 15.1. The highest BCUT2D eigenvalue weighted by Crippen LogP contribution is 2.28. The number of urea groups is 1. The van der Waals surface area contributed by atoms with Crippen molar-refractivity contribution in [1.82, 2.24) is 5.32 Å². The van der Waals surface area contributed by atoms with Gasteiger partial charge in [0.05, 0.1) is 13.2 Å². The molecule has 0 saturated heterocycles. The fourth-order valence-electron chi connectivity index (χ4n) is 2.48. The monoisotopic (exact) mass is 316 g/mol. The zero-order chi connectivity index (χ0) is 16.2. The van der Waals surface area contributed by atoms with Crippen molar-refractivity contribution in [3.63, 3.8) is 0 Å². The zero-order valence-corrected chi connectivity index (χ0v) is 12.6. The lowest BCUT2D eigenvalue weighted by Crippen LogP contribution is -2.44. The van der Waals surface area contributed by atoms with Crippen LogP contribution >= 0.6 is 0 Å². The molecule has 1 atom stereocenters. The average Bonchev–Trinajstić information content (AvgIpc) is 2.56. The van der Waals surface area contributed by atoms with E-state index in [1.165, 1.54) is 24.3 Å². The number of nitrogens with one attached hydrogen (secondary N) is 2. The Morgan fingerprint density at radius 1 is 1.26 bits per heavy atom. The van der Waals surface area contributed by atoms with Crippen molar-refractivity contribution in [1.29, 1.82) is 0 Å². The van der Waals surface area contributed by atoms with E-state index in [1.54, 1.807) is 7.11 Å². The van der Waals surface area contributed by atoms with Gasteiger partial charge in [-0.05, 0) is 54.4 Å². The maximum atomic E-state index is 12.8. The second kappa shape index (κ2) is 6.56. The van der Waals surface area contributed by atoms with E-state index >= 15 is 0 Å². The molecule has 0 spiro atoms. The Bertz CT molecular complexity index is 703. The summed E-state index contributed by atoms with van der Waals surface area (Å²) in [4.78, 5) is 12.0. The fraction of sp³-hybridized carbons (Fsp3) is 0.235. The zero-order valence-electron chi connectivity index (χ0n) is 12.6. The van der Waals surface area contributed by atoms with E-state index in [-0.39, 0.29) is 17.9 Å². The van der Waals surface area contributed by atoms with Crippen LogP contribution < -0.4 is 20.1 Å². The highest BCUT2D eigenvalue weighted by Gasteiger charge is 2.22. The highest BCUT2D eigenvalue weighted by molar-refractivity contribution is 5.89. The molecule has 0 bridgehead atoms. The smallest absolute Gasteiger partial charge is 0.319 e. The molecule has 0 saturated carbocycles. The van der Waals surface area contributed by atoms with Gasteiger partial charge in [0.2, 0.25) is 0 Å². The Kier molecular flexibility index (Phi) is 4.32. The van der Waals surface area contributed by atoms with Crippen LogP contribution in [0.25, 0.3) is 0 Å². The summed E-state index contributed by atoms with van der Waals surface area (Å²) in [5.74, 6) is 1.22. The Balaban J connectivity index is 1.60. The summed E-state index contributed by atoms with van der Waals surface area (Å²) in [6, 6.07) is 10.7. The van der Waals surface area contributed by atoms with Crippen LogP contribution in [0, 0.1) is 5.82 Å². The molecule has 0 fully saturated rings. The summed E-state index contributed by atoms with van der Waals surface area (Å²) in [7, 11) is 1.61. The first-order valence-corrected chi connectivity index (χ1v) is 7.27. The van der Waals surface area contributed by atoms with E-state index in [0.29, 0.717) is 18.7 Å². The van der Waals surface area contributed by atoms with Crippen molar-refractivity contribution in [2.24, 2.45) is 0 Å². The summed E-state index contributed by atoms with van der Waals surface area (Å²) in [6.07, 6.45) is 0.656. The van der Waals surface area contributed by atoms with Gasteiger partial charge in [0, 0.05) is 5.69 Å². The third-order valence-electron chi connectivity index (χ3n) is 3.61. The predicted octanol–water partition coefficient (Wildman–Crippen LogP) is 2.96. The predicted molar refractivity (Wildman–Crippen MR) is 84.5 cm³/mol. The standard InChI is InChI=1S/C17H17FN2O3/c1-22-15-6-7-16-11(9-15)8-14(10-23-16)20-17(21)19-13-4-2-12(18)3-5-13/h2-7,9,14H,8,10H2,1H3,(H2,19,20,21)/t14-/m0/s1. The lowest BCUT2D eigenvalue weighted by atomic mass is 10.0. The van der Waals surface area contributed by atoms with Gasteiger partial charge in [0.25, 0.3) is 0 Å². The van der Waals surface area contributed by atoms with Crippen LogP contribution in [0.2, 0.25) is 0 Å². The van der Waals surface area contributed by atoms with E-state index < -0.39 is 0 Å². The third-order valence-corrected chi connectivity index (χ3v) is 3.61. The maximum Gasteiger partial charge on any atom is 0.319 e. The molecule has 120 valence electrons. The number of fused-ring (bicyclic) bond motifs is 1. The Morgan fingerprint density at radius 2 is 2.04 bits per heavy atom. The number of carbonyl (C=O) groups is 1. The lowest BCUT2D eigenvalue weighted by Gasteiger charge is -2.26. The Hall–Kier alpha value is -2.76. The van der Waals surface area contributed by atoms with Crippen LogP contribution in [-0.2, 0) is 6.42 Å². The van der Waals surface area contributed by atoms with Gasteiger partial charge >= 0.3 is 6.03 Å². The Labute approximate surface area is 133 Å². The SMILES string of the molecule is COc1ccc2c(c1)C[C@H](NC(=O)Nc1ccc(F)cc1)CO2. The number of methoxy groups -OCH3 is 1. The molecule has 1 aliphatic rings. The molecule has 2 aromatic rings. The molecule has 23 heavy (non-hydrogen) atoms. The van der Waals surface area contributed by atoms with E-state index in [9.17, 15) is 9.18 Å². The lowest BCUT2D eigenvalue weighted by molar-refractivity contribution is 0.222. The second-order valence-electron chi connectivity index (χ2n) is 5.29. The molecule has 0 unspecified atom stereocenters. The number of hydrogen-bond acceptors (Lipinski definition) is 3. The van der Waals surface area contributed by atoms with Crippen LogP contribution in [-0.4, -0.2) is 25.8 Å². The summed E-state index contributed by atoms with van der Waals surface area (Å²) in [5, 5.41) is 5.52. The summed E-state index contributed by atoms with van der Waals surface area (Å²) in [5.41, 5.74) is 1.52. The number of rotatable bonds is 3. The fourth-order valence-corrected chi connectivity index (χ4v) is 2.48. The molecule has 1 heterocycles. The van der Waals surface area contributed by atoms with Crippen molar-refractivity contribution < 1.29 is 18.7 Å². The van der Waals surface area contributed by atoms with Crippen LogP contribution in [0.15, 0.2) is 42.5 Å². The number of hydrogen-bond donors (Lipinski definition) is 2. The quantitative estimate of drug-likeness (QED) is 0.915. The molecule has 0 radical (unpaired) electrons. The Morgan fingerprint density at radius 3 is 2.78 bits per heavy atom. The number of anilines is 1. The molecule has 3 rings (SSSR count). The van der Waals surface area contributed by atoms with Gasteiger partial charge in [-0.15, -0.1) is 0 Å². The van der Waals surface area contributed by atoms with Crippen molar-refractivity contribution in [3.05, 3.63) is 53.8 Å². The van der Waals surface area contributed by atoms with Crippen molar-refractivity contribution in [2.45, 2.75) is 12.5 Å². The molecule has 2 N–H and O–H groups in total. The molecule has 2 aromatic carbocycles. The summed E-state index contributed by atoms with van der Waals surface area (Å²) < 4.78 is 23.7. The topological polar surface area (TPSA) is 59.6 Å². The third kappa shape index (κ3) is 3.71. The van der Waals surface area contributed by atoms with Gasteiger partial charge in [-0.3, -0.25) is 0 Å². The number of amides is 2. The summed E-state index contributed by atoms with van der Waals surface area (Å²) in [6.45, 7) is 0.399. The van der Waals surface area contributed by atoms with E-state index in [2.05, 4.69) is 10.6 Å². The van der Waals surface area contributed by atoms with Gasteiger partial charge in [-0.25, -0.2) is 9.18 Å². The van der Waals surface area contributed by atoms with Crippen LogP contribution in [0.4, 0.5) is 14.9 Å². The van der Waals surface area contributed by atoms with Crippen molar-refractivity contribution in [2.75, 3.05) is 19.0 Å². The van der Waals surface area contributed by atoms with Gasteiger partial charge < -0.3 is 20.1 Å². The molecule has 2 amide bonds. The minimum atomic E-state index is -0.350. The normalized spacial score (nSPS) is 16.0. The van der Waals surface area contributed by atoms with Crippen molar-refractivity contribution in [3.8, 4) is 11.5 Å². The van der Waals surface area contributed by atoms with Gasteiger partial charge in [0.1, 0.15) is 23.9 Å². The number of benzene rings is 2. The van der Waals surface area contributed by atoms with Gasteiger partial charge in [-0.2, -0.15) is 0 Å². The molecular formula is C17H17FN2O3.